The zero-order valence-corrected chi connectivity index (χ0v) is 12.9. The van der Waals surface area contributed by atoms with Crippen molar-refractivity contribution >= 4 is 21.6 Å². The van der Waals surface area contributed by atoms with Crippen molar-refractivity contribution in [2.24, 2.45) is 0 Å². The van der Waals surface area contributed by atoms with E-state index in [2.05, 4.69) is 10.2 Å². The summed E-state index contributed by atoms with van der Waals surface area (Å²) in [5.74, 6) is 0.101. The third-order valence-electron chi connectivity index (χ3n) is 3.70. The van der Waals surface area contributed by atoms with Crippen LogP contribution in [0.5, 0.6) is 0 Å². The summed E-state index contributed by atoms with van der Waals surface area (Å²) in [6.45, 7) is 4.34. The van der Waals surface area contributed by atoms with Gasteiger partial charge in [-0.25, -0.2) is 8.42 Å². The maximum absolute atomic E-state index is 12.8. The van der Waals surface area contributed by atoms with Gasteiger partial charge < -0.3 is 0 Å². The van der Waals surface area contributed by atoms with E-state index in [-0.39, 0.29) is 16.8 Å². The standard InChI is InChI=1S/C12H20ClN3O2S/c1-3-10-6-4-5-7-16(10)19(17,18)12-9(2)14-15-11(12)8-13/h10H,3-8H2,1-2H3,(H,14,15). The van der Waals surface area contributed by atoms with E-state index in [1.807, 2.05) is 6.92 Å². The van der Waals surface area contributed by atoms with Gasteiger partial charge in [0.05, 0.1) is 17.3 Å². The minimum atomic E-state index is -3.50. The molecule has 1 fully saturated rings. The van der Waals surface area contributed by atoms with Gasteiger partial charge >= 0.3 is 0 Å². The van der Waals surface area contributed by atoms with E-state index in [1.54, 1.807) is 11.2 Å². The summed E-state index contributed by atoms with van der Waals surface area (Å²) in [6.07, 6.45) is 3.79. The molecule has 7 heteroatoms. The molecule has 1 saturated heterocycles. The number of aromatic nitrogens is 2. The van der Waals surface area contributed by atoms with Crippen LogP contribution in [0.3, 0.4) is 0 Å². The van der Waals surface area contributed by atoms with Crippen LogP contribution in [0.2, 0.25) is 0 Å². The third kappa shape index (κ3) is 2.66. The highest BCUT2D eigenvalue weighted by atomic mass is 35.5. The van der Waals surface area contributed by atoms with Crippen molar-refractivity contribution in [2.75, 3.05) is 6.54 Å². The Morgan fingerprint density at radius 2 is 2.21 bits per heavy atom. The number of sulfonamides is 1. The van der Waals surface area contributed by atoms with Gasteiger partial charge in [-0.15, -0.1) is 11.6 Å². The molecule has 0 aromatic carbocycles. The Kier molecular flexibility index (Phi) is 4.53. The van der Waals surface area contributed by atoms with Crippen LogP contribution in [0.4, 0.5) is 0 Å². The first-order valence-electron chi connectivity index (χ1n) is 6.64. The highest BCUT2D eigenvalue weighted by molar-refractivity contribution is 7.89. The highest BCUT2D eigenvalue weighted by Gasteiger charge is 2.35. The van der Waals surface area contributed by atoms with E-state index in [4.69, 9.17) is 11.6 Å². The van der Waals surface area contributed by atoms with E-state index in [0.29, 0.717) is 17.9 Å². The normalized spacial score (nSPS) is 21.7. The third-order valence-corrected chi connectivity index (χ3v) is 6.11. The minimum absolute atomic E-state index is 0.0937. The molecule has 0 aliphatic carbocycles. The first-order valence-corrected chi connectivity index (χ1v) is 8.61. The Balaban J connectivity index is 2.43. The van der Waals surface area contributed by atoms with Crippen molar-refractivity contribution in [3.63, 3.8) is 0 Å². The summed E-state index contributed by atoms with van der Waals surface area (Å²) in [5.41, 5.74) is 0.982. The fraction of sp³-hybridized carbons (Fsp3) is 0.750. The number of piperidine rings is 1. The number of H-pyrrole nitrogens is 1. The van der Waals surface area contributed by atoms with Crippen molar-refractivity contribution in [1.29, 1.82) is 0 Å². The molecule has 0 radical (unpaired) electrons. The molecule has 0 saturated carbocycles. The number of hydrogen-bond acceptors (Lipinski definition) is 3. The first-order chi connectivity index (χ1) is 9.02. The molecule has 1 aliphatic heterocycles. The molecule has 0 amide bonds. The number of aromatic amines is 1. The molecule has 2 heterocycles. The zero-order valence-electron chi connectivity index (χ0n) is 11.3. The maximum atomic E-state index is 12.8. The quantitative estimate of drug-likeness (QED) is 0.869. The van der Waals surface area contributed by atoms with Crippen LogP contribution in [0.25, 0.3) is 0 Å². The van der Waals surface area contributed by atoms with Crippen LogP contribution in [0, 0.1) is 6.92 Å². The molecule has 108 valence electrons. The van der Waals surface area contributed by atoms with E-state index in [9.17, 15) is 8.42 Å². The van der Waals surface area contributed by atoms with Gasteiger partial charge in [-0.1, -0.05) is 13.3 Å². The van der Waals surface area contributed by atoms with E-state index < -0.39 is 10.0 Å². The molecule has 0 bridgehead atoms. The van der Waals surface area contributed by atoms with Crippen molar-refractivity contribution in [3.05, 3.63) is 11.4 Å². The fourth-order valence-corrected chi connectivity index (χ4v) is 5.09. The second-order valence-corrected chi connectivity index (χ2v) is 7.03. The van der Waals surface area contributed by atoms with Gasteiger partial charge in [0, 0.05) is 12.6 Å². The van der Waals surface area contributed by atoms with Crippen LogP contribution in [0.1, 0.15) is 44.0 Å². The topological polar surface area (TPSA) is 66.1 Å². The number of halogens is 1. The average Bonchev–Trinajstić information content (AvgIpc) is 2.80. The number of nitrogens with zero attached hydrogens (tertiary/aromatic N) is 2. The summed E-state index contributed by atoms with van der Waals surface area (Å²) in [4.78, 5) is 0.267. The summed E-state index contributed by atoms with van der Waals surface area (Å²) in [6, 6.07) is 0.0937. The van der Waals surface area contributed by atoms with E-state index >= 15 is 0 Å². The molecular formula is C12H20ClN3O2S. The minimum Gasteiger partial charge on any atom is -0.281 e. The summed E-state index contributed by atoms with van der Waals surface area (Å²) < 4.78 is 27.3. The predicted molar refractivity (Wildman–Crippen MR) is 74.7 cm³/mol. The van der Waals surface area contributed by atoms with Crippen molar-refractivity contribution in [1.82, 2.24) is 14.5 Å². The Labute approximate surface area is 119 Å². The van der Waals surface area contributed by atoms with E-state index in [1.165, 1.54) is 0 Å². The average molecular weight is 306 g/mol. The Bertz CT molecular complexity index is 541. The van der Waals surface area contributed by atoms with Crippen LogP contribution in [-0.2, 0) is 15.9 Å². The van der Waals surface area contributed by atoms with Crippen LogP contribution < -0.4 is 0 Å². The lowest BCUT2D eigenvalue weighted by molar-refractivity contribution is 0.246. The molecule has 19 heavy (non-hydrogen) atoms. The van der Waals surface area contributed by atoms with Gasteiger partial charge in [0.25, 0.3) is 0 Å². The molecule has 1 N–H and O–H groups in total. The van der Waals surface area contributed by atoms with Crippen molar-refractivity contribution < 1.29 is 8.42 Å². The van der Waals surface area contributed by atoms with Crippen molar-refractivity contribution in [2.45, 2.75) is 56.3 Å². The van der Waals surface area contributed by atoms with Gasteiger partial charge in [-0.3, -0.25) is 5.10 Å². The number of nitrogens with one attached hydrogen (secondary N) is 1. The van der Waals surface area contributed by atoms with E-state index in [0.717, 1.165) is 25.7 Å². The molecule has 5 nitrogen and oxygen atoms in total. The molecule has 0 spiro atoms. The monoisotopic (exact) mass is 305 g/mol. The van der Waals surface area contributed by atoms with Gasteiger partial charge in [-0.05, 0) is 26.2 Å². The predicted octanol–water partition coefficient (Wildman–Crippen LogP) is 2.41. The van der Waals surface area contributed by atoms with Gasteiger partial charge in [0.1, 0.15) is 4.90 Å². The molecule has 1 aromatic rings. The lowest BCUT2D eigenvalue weighted by Crippen LogP contribution is -2.43. The molecule has 1 atom stereocenters. The van der Waals surface area contributed by atoms with Crippen LogP contribution in [0.15, 0.2) is 4.90 Å². The highest BCUT2D eigenvalue weighted by Crippen LogP contribution is 2.30. The van der Waals surface area contributed by atoms with Gasteiger partial charge in [-0.2, -0.15) is 9.40 Å². The van der Waals surface area contributed by atoms with Crippen LogP contribution in [-0.4, -0.2) is 35.5 Å². The largest absolute Gasteiger partial charge is 0.281 e. The smallest absolute Gasteiger partial charge is 0.247 e. The lowest BCUT2D eigenvalue weighted by atomic mass is 10.0. The molecule has 2 rings (SSSR count). The summed E-state index contributed by atoms with van der Waals surface area (Å²) >= 11 is 5.80. The summed E-state index contributed by atoms with van der Waals surface area (Å²) in [7, 11) is -3.50. The number of aryl methyl sites for hydroxylation is 1. The van der Waals surface area contributed by atoms with Crippen molar-refractivity contribution in [3.8, 4) is 0 Å². The Hall–Kier alpha value is -0.590. The van der Waals surface area contributed by atoms with Crippen LogP contribution >= 0.6 is 11.6 Å². The van der Waals surface area contributed by atoms with Gasteiger partial charge in [0.2, 0.25) is 10.0 Å². The zero-order chi connectivity index (χ0) is 14.0. The second-order valence-electron chi connectivity index (χ2n) is 4.93. The summed E-state index contributed by atoms with van der Waals surface area (Å²) in [5, 5.41) is 6.71. The maximum Gasteiger partial charge on any atom is 0.247 e. The molecule has 1 aromatic heterocycles. The SMILES string of the molecule is CCC1CCCCN1S(=O)(=O)c1c(CCl)n[nH]c1C. The molecule has 1 unspecified atom stereocenters. The lowest BCUT2D eigenvalue weighted by Gasteiger charge is -2.34. The Morgan fingerprint density at radius 1 is 1.47 bits per heavy atom. The Morgan fingerprint density at radius 3 is 2.84 bits per heavy atom. The molecule has 1 aliphatic rings. The molecular weight excluding hydrogens is 286 g/mol. The number of alkyl halides is 1. The number of rotatable bonds is 4. The van der Waals surface area contributed by atoms with Gasteiger partial charge in [0.15, 0.2) is 0 Å². The fourth-order valence-electron chi connectivity index (χ4n) is 2.72. The second kappa shape index (κ2) is 5.81. The first kappa shape index (κ1) is 14.8. The number of hydrogen-bond donors (Lipinski definition) is 1.